The Morgan fingerprint density at radius 1 is 1.50 bits per heavy atom. The van der Waals surface area contributed by atoms with Crippen molar-refractivity contribution in [3.05, 3.63) is 40.4 Å². The number of aromatic hydroxyl groups is 1. The van der Waals surface area contributed by atoms with E-state index in [1.165, 1.54) is 19.3 Å². The minimum atomic E-state index is -1.16. The van der Waals surface area contributed by atoms with Gasteiger partial charge in [-0.15, -0.1) is 0 Å². The van der Waals surface area contributed by atoms with Crippen LogP contribution in [0.4, 0.5) is 0 Å². The lowest BCUT2D eigenvalue weighted by Crippen LogP contribution is -2.19. The number of carboxylic acid groups (broad SMARTS) is 1. The van der Waals surface area contributed by atoms with Gasteiger partial charge in [-0.1, -0.05) is 15.9 Å². The molecular formula is C12H13BrO5. The molecule has 98 valence electrons. The normalized spacial score (nSPS) is 14.6. The molecule has 2 atom stereocenters. The number of aliphatic hydroxyl groups is 1. The van der Waals surface area contributed by atoms with Gasteiger partial charge in [0.2, 0.25) is 0 Å². The quantitative estimate of drug-likeness (QED) is 0.722. The number of carbonyl (C=O) groups is 1. The summed E-state index contributed by atoms with van der Waals surface area (Å²) in [7, 11) is 1.34. The zero-order valence-corrected chi connectivity index (χ0v) is 11.2. The molecule has 6 heteroatoms. The fourth-order valence-corrected chi connectivity index (χ4v) is 1.81. The zero-order chi connectivity index (χ0) is 13.7. The van der Waals surface area contributed by atoms with E-state index in [1.807, 2.05) is 0 Å². The van der Waals surface area contributed by atoms with Crippen LogP contribution in [0, 0.1) is 0 Å². The van der Waals surface area contributed by atoms with E-state index >= 15 is 0 Å². The molecule has 3 N–H and O–H groups in total. The van der Waals surface area contributed by atoms with Gasteiger partial charge in [-0.05, 0) is 24.3 Å². The van der Waals surface area contributed by atoms with Crippen LogP contribution in [0.5, 0.6) is 5.75 Å². The maximum absolute atomic E-state index is 10.4. The topological polar surface area (TPSA) is 87.0 Å². The van der Waals surface area contributed by atoms with Crippen molar-refractivity contribution in [2.75, 3.05) is 7.11 Å². The molecule has 1 aromatic rings. The van der Waals surface area contributed by atoms with Gasteiger partial charge >= 0.3 is 5.97 Å². The van der Waals surface area contributed by atoms with Crippen molar-refractivity contribution < 1.29 is 24.9 Å². The number of phenolic OH excluding ortho intramolecular Hbond substituents is 1. The molecule has 5 nitrogen and oxygen atoms in total. The molecule has 0 saturated carbocycles. The maximum Gasteiger partial charge on any atom is 0.328 e. The van der Waals surface area contributed by atoms with Gasteiger partial charge in [-0.25, -0.2) is 4.79 Å². The van der Waals surface area contributed by atoms with Gasteiger partial charge in [0.1, 0.15) is 18.0 Å². The van der Waals surface area contributed by atoms with Crippen LogP contribution in [0.1, 0.15) is 11.7 Å². The lowest BCUT2D eigenvalue weighted by Gasteiger charge is -2.19. The predicted octanol–water partition coefficient (Wildman–Crippen LogP) is 1.84. The SMILES string of the molecule is CO[C@H](/C=C/C(=O)O)[C@H](O)c1cc(Br)ccc1O. The van der Waals surface area contributed by atoms with Crippen LogP contribution in [-0.4, -0.2) is 34.5 Å². The van der Waals surface area contributed by atoms with Crippen molar-refractivity contribution in [3.8, 4) is 5.75 Å². The van der Waals surface area contributed by atoms with Gasteiger partial charge in [0.05, 0.1) is 0 Å². The highest BCUT2D eigenvalue weighted by Crippen LogP contribution is 2.30. The van der Waals surface area contributed by atoms with Crippen molar-refractivity contribution in [1.29, 1.82) is 0 Å². The van der Waals surface area contributed by atoms with Gasteiger partial charge in [-0.2, -0.15) is 0 Å². The Hall–Kier alpha value is -1.37. The molecule has 0 unspecified atom stereocenters. The molecule has 0 aliphatic carbocycles. The van der Waals surface area contributed by atoms with Gasteiger partial charge in [0.15, 0.2) is 0 Å². The van der Waals surface area contributed by atoms with Crippen LogP contribution in [0.3, 0.4) is 0 Å². The average molecular weight is 317 g/mol. The summed E-state index contributed by atoms with van der Waals surface area (Å²) in [6.07, 6.45) is 0.0733. The molecule has 1 rings (SSSR count). The van der Waals surface area contributed by atoms with E-state index in [-0.39, 0.29) is 11.3 Å². The summed E-state index contributed by atoms with van der Waals surface area (Å²) in [6, 6.07) is 4.59. The first kappa shape index (κ1) is 14.7. The molecule has 0 amide bonds. The Morgan fingerprint density at radius 3 is 2.72 bits per heavy atom. The molecule has 0 aliphatic rings. The molecule has 18 heavy (non-hydrogen) atoms. The first-order chi connectivity index (χ1) is 8.45. The van der Waals surface area contributed by atoms with E-state index in [0.29, 0.717) is 4.47 Å². The summed E-state index contributed by atoms with van der Waals surface area (Å²) in [4.78, 5) is 10.4. The third kappa shape index (κ3) is 3.83. The summed E-state index contributed by atoms with van der Waals surface area (Å²) in [5.41, 5.74) is 0.256. The third-order valence-corrected chi connectivity index (χ3v) is 2.81. The van der Waals surface area contributed by atoms with Crippen LogP contribution in [0.2, 0.25) is 0 Å². The second-order valence-electron chi connectivity index (χ2n) is 3.55. The Morgan fingerprint density at radius 2 is 2.17 bits per heavy atom. The molecule has 0 aromatic heterocycles. The Bertz CT molecular complexity index is 458. The van der Waals surface area contributed by atoms with Crippen molar-refractivity contribution in [2.24, 2.45) is 0 Å². The van der Waals surface area contributed by atoms with Crippen LogP contribution >= 0.6 is 15.9 Å². The second kappa shape index (κ2) is 6.53. The molecule has 0 saturated heterocycles. The van der Waals surface area contributed by atoms with E-state index in [0.717, 1.165) is 6.08 Å². The van der Waals surface area contributed by atoms with Crippen molar-refractivity contribution in [1.82, 2.24) is 0 Å². The molecule has 0 radical (unpaired) electrons. The van der Waals surface area contributed by atoms with E-state index in [9.17, 15) is 15.0 Å². The lowest BCUT2D eigenvalue weighted by atomic mass is 10.0. The van der Waals surface area contributed by atoms with Crippen molar-refractivity contribution in [2.45, 2.75) is 12.2 Å². The highest BCUT2D eigenvalue weighted by atomic mass is 79.9. The molecule has 0 spiro atoms. The number of hydrogen-bond acceptors (Lipinski definition) is 4. The summed E-state index contributed by atoms with van der Waals surface area (Å²) in [5, 5.41) is 28.2. The molecule has 0 bridgehead atoms. The highest BCUT2D eigenvalue weighted by molar-refractivity contribution is 9.10. The number of hydrogen-bond donors (Lipinski definition) is 3. The number of halogens is 1. The van der Waals surface area contributed by atoms with E-state index in [4.69, 9.17) is 9.84 Å². The molecule has 0 heterocycles. The summed E-state index contributed by atoms with van der Waals surface area (Å²) < 4.78 is 5.67. The van der Waals surface area contributed by atoms with Crippen LogP contribution in [0.15, 0.2) is 34.8 Å². The third-order valence-electron chi connectivity index (χ3n) is 2.32. The highest BCUT2D eigenvalue weighted by Gasteiger charge is 2.21. The van der Waals surface area contributed by atoms with Crippen LogP contribution in [-0.2, 0) is 9.53 Å². The van der Waals surface area contributed by atoms with E-state index < -0.39 is 18.2 Å². The predicted molar refractivity (Wildman–Crippen MR) is 68.3 cm³/mol. The van der Waals surface area contributed by atoms with Crippen molar-refractivity contribution in [3.63, 3.8) is 0 Å². The first-order valence-electron chi connectivity index (χ1n) is 5.06. The molecule has 0 fully saturated rings. The van der Waals surface area contributed by atoms with Crippen LogP contribution < -0.4 is 0 Å². The summed E-state index contributed by atoms with van der Waals surface area (Å²) in [5.74, 6) is -1.22. The Labute approximate surface area is 112 Å². The lowest BCUT2D eigenvalue weighted by molar-refractivity contribution is -0.131. The number of methoxy groups -OCH3 is 1. The second-order valence-corrected chi connectivity index (χ2v) is 4.46. The fraction of sp³-hybridized carbons (Fsp3) is 0.250. The summed E-state index contributed by atoms with van der Waals surface area (Å²) >= 11 is 3.22. The molecule has 1 aromatic carbocycles. The average Bonchev–Trinajstić information content (AvgIpc) is 2.32. The largest absolute Gasteiger partial charge is 0.508 e. The first-order valence-corrected chi connectivity index (χ1v) is 5.85. The van der Waals surface area contributed by atoms with E-state index in [2.05, 4.69) is 15.9 Å². The monoisotopic (exact) mass is 316 g/mol. The van der Waals surface area contributed by atoms with E-state index in [1.54, 1.807) is 12.1 Å². The number of aliphatic carboxylic acids is 1. The van der Waals surface area contributed by atoms with Crippen LogP contribution in [0.25, 0.3) is 0 Å². The fourth-order valence-electron chi connectivity index (χ4n) is 1.43. The number of phenols is 1. The van der Waals surface area contributed by atoms with Crippen molar-refractivity contribution >= 4 is 21.9 Å². The Balaban J connectivity index is 2.99. The number of benzene rings is 1. The number of rotatable bonds is 5. The summed E-state index contributed by atoms with van der Waals surface area (Å²) in [6.45, 7) is 0. The minimum absolute atomic E-state index is 0.0866. The van der Waals surface area contributed by atoms with Gasteiger partial charge in [0, 0.05) is 23.2 Å². The standard InChI is InChI=1S/C12H13BrO5/c1-18-10(4-5-11(15)16)12(17)8-6-7(13)2-3-9(8)14/h2-6,10,12,14,17H,1H3,(H,15,16)/b5-4+/t10-,12-/m1/s1. The Kier molecular flexibility index (Phi) is 5.33. The number of ether oxygens (including phenoxy) is 1. The smallest absolute Gasteiger partial charge is 0.328 e. The molecule has 0 aliphatic heterocycles. The van der Waals surface area contributed by atoms with Gasteiger partial charge < -0.3 is 20.1 Å². The molecular weight excluding hydrogens is 304 g/mol. The minimum Gasteiger partial charge on any atom is -0.508 e. The number of carboxylic acids is 1. The van der Waals surface area contributed by atoms with Gasteiger partial charge in [0.25, 0.3) is 0 Å². The van der Waals surface area contributed by atoms with Gasteiger partial charge in [-0.3, -0.25) is 0 Å². The maximum atomic E-state index is 10.4. The zero-order valence-electron chi connectivity index (χ0n) is 9.58. The number of aliphatic hydroxyl groups excluding tert-OH is 1.